The highest BCUT2D eigenvalue weighted by Gasteiger charge is 2.34. The van der Waals surface area contributed by atoms with Gasteiger partial charge >= 0.3 is 5.97 Å². The molecule has 23 heavy (non-hydrogen) atoms. The number of aromatic nitrogens is 1. The molecule has 0 aliphatic carbocycles. The zero-order valence-corrected chi connectivity index (χ0v) is 15.4. The number of esters is 1. The van der Waals surface area contributed by atoms with Crippen molar-refractivity contribution >= 4 is 23.1 Å². The maximum Gasteiger partial charge on any atom is 0.313 e. The molecule has 0 aromatic carbocycles. The van der Waals surface area contributed by atoms with E-state index in [1.165, 1.54) is 7.11 Å². The van der Waals surface area contributed by atoms with E-state index in [1.54, 1.807) is 11.3 Å². The zero-order chi connectivity index (χ0) is 17.6. The fraction of sp³-hybridized carbons (Fsp3) is 0.706. The third kappa shape index (κ3) is 6.03. The molecule has 0 radical (unpaired) electrons. The fourth-order valence-electron chi connectivity index (χ4n) is 2.25. The molecule has 6 heteroatoms. The van der Waals surface area contributed by atoms with Gasteiger partial charge in [-0.3, -0.25) is 9.59 Å². The van der Waals surface area contributed by atoms with Crippen molar-refractivity contribution in [3.63, 3.8) is 0 Å². The number of carbonyl (C=O) groups is 2. The molecule has 5 nitrogen and oxygen atoms in total. The van der Waals surface area contributed by atoms with Crippen LogP contribution in [0, 0.1) is 5.92 Å². The van der Waals surface area contributed by atoms with E-state index in [-0.39, 0.29) is 24.5 Å². The summed E-state index contributed by atoms with van der Waals surface area (Å²) in [6, 6.07) is 0. The van der Waals surface area contributed by atoms with Crippen LogP contribution in [-0.4, -0.2) is 34.6 Å². The molecule has 0 aliphatic rings. The molecule has 0 bridgehead atoms. The van der Waals surface area contributed by atoms with Gasteiger partial charge in [-0.25, -0.2) is 4.98 Å². The molecular formula is C17H27NO4S. The maximum atomic E-state index is 12.0. The number of aliphatic hydroxyl groups is 1. The lowest BCUT2D eigenvalue weighted by atomic mass is 9.81. The number of methoxy groups -OCH3 is 1. The number of ketones is 1. The third-order valence-corrected chi connectivity index (χ3v) is 5.01. The van der Waals surface area contributed by atoms with Crippen LogP contribution < -0.4 is 0 Å². The summed E-state index contributed by atoms with van der Waals surface area (Å²) in [7, 11) is 1.25. The zero-order valence-electron chi connectivity index (χ0n) is 14.6. The van der Waals surface area contributed by atoms with E-state index in [0.717, 1.165) is 10.7 Å². The highest BCUT2D eigenvalue weighted by molar-refractivity contribution is 7.09. The Balaban J connectivity index is 2.68. The van der Waals surface area contributed by atoms with E-state index in [1.807, 2.05) is 19.2 Å². The molecule has 1 atom stereocenters. The predicted molar refractivity (Wildman–Crippen MR) is 90.6 cm³/mol. The number of hydrogen-bond donors (Lipinski definition) is 1. The Bertz CT molecular complexity index is 538. The number of ether oxygens (including phenoxy) is 1. The standard InChI is InChI=1S/C17H27NO4S/c1-11(2)14-10-23-15(18-14)6-7-17(21,12(3)4)9-13(19)8-16(20)22-5/h10-12,21H,6-9H2,1-5H3. The van der Waals surface area contributed by atoms with E-state index >= 15 is 0 Å². The van der Waals surface area contributed by atoms with Crippen LogP contribution in [0.4, 0.5) is 0 Å². The van der Waals surface area contributed by atoms with Gasteiger partial charge in [0.1, 0.15) is 12.2 Å². The van der Waals surface area contributed by atoms with Crippen molar-refractivity contribution in [3.05, 3.63) is 16.1 Å². The average molecular weight is 341 g/mol. The molecule has 0 saturated heterocycles. The number of aryl methyl sites for hydroxylation is 1. The van der Waals surface area contributed by atoms with E-state index in [9.17, 15) is 14.7 Å². The normalized spacial score (nSPS) is 14.1. The number of thiazole rings is 1. The molecule has 1 aromatic heterocycles. The first kappa shape index (κ1) is 19.8. The van der Waals surface area contributed by atoms with Gasteiger partial charge in [-0.15, -0.1) is 11.3 Å². The van der Waals surface area contributed by atoms with Gasteiger partial charge in [0.25, 0.3) is 0 Å². The molecule has 0 amide bonds. The van der Waals surface area contributed by atoms with Gasteiger partial charge in [-0.2, -0.15) is 0 Å². The third-order valence-electron chi connectivity index (χ3n) is 4.08. The first-order chi connectivity index (χ1) is 10.7. The number of nitrogens with zero attached hydrogens (tertiary/aromatic N) is 1. The van der Waals surface area contributed by atoms with Crippen LogP contribution in [0.15, 0.2) is 5.38 Å². The van der Waals surface area contributed by atoms with Crippen LogP contribution in [0.2, 0.25) is 0 Å². The van der Waals surface area contributed by atoms with E-state index in [4.69, 9.17) is 0 Å². The molecule has 1 heterocycles. The Morgan fingerprint density at radius 1 is 1.35 bits per heavy atom. The van der Waals surface area contributed by atoms with E-state index in [0.29, 0.717) is 18.8 Å². The number of rotatable bonds is 9. The molecule has 1 rings (SSSR count). The number of hydrogen-bond acceptors (Lipinski definition) is 6. The second kappa shape index (κ2) is 8.55. The molecule has 0 spiro atoms. The SMILES string of the molecule is COC(=O)CC(=O)CC(O)(CCc1nc(C(C)C)cs1)C(C)C. The van der Waals surface area contributed by atoms with Crippen LogP contribution in [0.1, 0.15) is 63.6 Å². The van der Waals surface area contributed by atoms with Gasteiger partial charge in [-0.05, 0) is 18.3 Å². The lowest BCUT2D eigenvalue weighted by Gasteiger charge is -2.31. The molecule has 0 aliphatic heterocycles. The minimum atomic E-state index is -1.13. The van der Waals surface area contributed by atoms with Crippen LogP contribution in [-0.2, 0) is 20.7 Å². The molecule has 0 fully saturated rings. The molecule has 1 N–H and O–H groups in total. The van der Waals surface area contributed by atoms with Crippen molar-refractivity contribution in [2.75, 3.05) is 7.11 Å². The molecule has 0 saturated carbocycles. The Labute approximate surface area is 142 Å². The Hall–Kier alpha value is -1.27. The lowest BCUT2D eigenvalue weighted by Crippen LogP contribution is -2.38. The van der Waals surface area contributed by atoms with Crippen LogP contribution in [0.5, 0.6) is 0 Å². The average Bonchev–Trinajstić information content (AvgIpc) is 2.93. The monoisotopic (exact) mass is 341 g/mol. The van der Waals surface area contributed by atoms with Crippen molar-refractivity contribution in [2.45, 2.75) is 64.9 Å². The van der Waals surface area contributed by atoms with E-state index < -0.39 is 11.6 Å². The summed E-state index contributed by atoms with van der Waals surface area (Å²) in [5, 5.41) is 13.8. The molecule has 1 aromatic rings. The van der Waals surface area contributed by atoms with Gasteiger partial charge in [0, 0.05) is 18.2 Å². The Morgan fingerprint density at radius 3 is 2.48 bits per heavy atom. The summed E-state index contributed by atoms with van der Waals surface area (Å²) >= 11 is 1.58. The van der Waals surface area contributed by atoms with Crippen LogP contribution >= 0.6 is 11.3 Å². The number of Topliss-reactive ketones (excluding diaryl/α,β-unsaturated/α-hetero) is 1. The van der Waals surface area contributed by atoms with Gasteiger partial charge in [0.15, 0.2) is 0 Å². The van der Waals surface area contributed by atoms with Crippen molar-refractivity contribution in [1.82, 2.24) is 4.98 Å². The van der Waals surface area contributed by atoms with Gasteiger partial charge in [0.2, 0.25) is 0 Å². The Kier molecular flexibility index (Phi) is 7.35. The van der Waals surface area contributed by atoms with Gasteiger partial charge in [-0.1, -0.05) is 27.7 Å². The topological polar surface area (TPSA) is 76.5 Å². The van der Waals surface area contributed by atoms with Crippen LogP contribution in [0.25, 0.3) is 0 Å². The van der Waals surface area contributed by atoms with Crippen molar-refractivity contribution < 1.29 is 19.4 Å². The quantitative estimate of drug-likeness (QED) is 0.552. The summed E-state index contributed by atoms with van der Waals surface area (Å²) in [6.45, 7) is 7.95. The van der Waals surface area contributed by atoms with Gasteiger partial charge in [0.05, 0.1) is 23.4 Å². The summed E-state index contributed by atoms with van der Waals surface area (Å²) in [6.07, 6.45) is 0.739. The molecule has 130 valence electrons. The molecule has 1 unspecified atom stereocenters. The Morgan fingerprint density at radius 2 is 2.00 bits per heavy atom. The first-order valence-electron chi connectivity index (χ1n) is 7.93. The smallest absolute Gasteiger partial charge is 0.313 e. The number of carbonyl (C=O) groups excluding carboxylic acids is 2. The lowest BCUT2D eigenvalue weighted by molar-refractivity contribution is -0.144. The minimum Gasteiger partial charge on any atom is -0.469 e. The molecular weight excluding hydrogens is 314 g/mol. The summed E-state index contributed by atoms with van der Waals surface area (Å²) in [5.41, 5.74) is -0.0748. The maximum absolute atomic E-state index is 12.0. The first-order valence-corrected chi connectivity index (χ1v) is 8.81. The van der Waals surface area contributed by atoms with Crippen molar-refractivity contribution in [2.24, 2.45) is 5.92 Å². The van der Waals surface area contributed by atoms with Crippen molar-refractivity contribution in [1.29, 1.82) is 0 Å². The van der Waals surface area contributed by atoms with Crippen LogP contribution in [0.3, 0.4) is 0 Å². The van der Waals surface area contributed by atoms with Crippen molar-refractivity contribution in [3.8, 4) is 0 Å². The summed E-state index contributed by atoms with van der Waals surface area (Å²) < 4.78 is 4.50. The fourth-order valence-corrected chi connectivity index (χ4v) is 3.21. The summed E-state index contributed by atoms with van der Waals surface area (Å²) in [5.74, 6) is -0.572. The highest BCUT2D eigenvalue weighted by atomic mass is 32.1. The second-order valence-electron chi connectivity index (χ2n) is 6.55. The second-order valence-corrected chi connectivity index (χ2v) is 7.49. The largest absolute Gasteiger partial charge is 0.469 e. The minimum absolute atomic E-state index is 0.0395. The highest BCUT2D eigenvalue weighted by Crippen LogP contribution is 2.29. The predicted octanol–water partition coefficient (Wildman–Crippen LogP) is 3.11. The van der Waals surface area contributed by atoms with E-state index in [2.05, 4.69) is 23.6 Å². The van der Waals surface area contributed by atoms with Gasteiger partial charge < -0.3 is 9.84 Å². The summed E-state index contributed by atoms with van der Waals surface area (Å²) in [4.78, 5) is 27.7.